The fourth-order valence-electron chi connectivity index (χ4n) is 3.17. The van der Waals surface area contributed by atoms with Crippen LogP contribution in [0.3, 0.4) is 0 Å². The SMILES string of the molecule is CCC(C)c1ccc(NC(=O)/C(=C/c2ccco2)n2nnnc2-c2ccccc2)cc1. The predicted octanol–water partition coefficient (Wildman–Crippen LogP) is 5.08. The molecule has 0 aliphatic rings. The normalized spacial score (nSPS) is 12.5. The first-order valence-corrected chi connectivity index (χ1v) is 10.2. The van der Waals surface area contributed by atoms with Crippen molar-refractivity contribution in [3.63, 3.8) is 0 Å². The Balaban J connectivity index is 1.67. The highest BCUT2D eigenvalue weighted by Gasteiger charge is 2.20. The number of carbonyl (C=O) groups excluding carboxylic acids is 1. The van der Waals surface area contributed by atoms with Gasteiger partial charge in [-0.05, 0) is 52.6 Å². The molecule has 0 spiro atoms. The van der Waals surface area contributed by atoms with Gasteiger partial charge in [-0.1, -0.05) is 56.3 Å². The number of nitrogens with one attached hydrogen (secondary N) is 1. The maximum atomic E-state index is 13.3. The molecule has 156 valence electrons. The molecule has 2 aromatic heterocycles. The number of amides is 1. The molecule has 0 bridgehead atoms. The molecule has 0 aliphatic heterocycles. The van der Waals surface area contributed by atoms with E-state index < -0.39 is 0 Å². The highest BCUT2D eigenvalue weighted by molar-refractivity contribution is 6.24. The van der Waals surface area contributed by atoms with Crippen LogP contribution in [0.15, 0.2) is 77.4 Å². The molecule has 7 nitrogen and oxygen atoms in total. The molecular formula is C24H23N5O2. The molecule has 0 saturated carbocycles. The van der Waals surface area contributed by atoms with Crippen LogP contribution in [0.1, 0.15) is 37.5 Å². The van der Waals surface area contributed by atoms with E-state index in [2.05, 4.69) is 34.7 Å². The van der Waals surface area contributed by atoms with Crippen molar-refractivity contribution < 1.29 is 9.21 Å². The van der Waals surface area contributed by atoms with Crippen LogP contribution in [0.4, 0.5) is 5.69 Å². The Morgan fingerprint density at radius 3 is 2.55 bits per heavy atom. The number of hydrogen-bond donors (Lipinski definition) is 1. The first kappa shape index (κ1) is 20.3. The Labute approximate surface area is 180 Å². The Bertz CT molecular complexity index is 1160. The van der Waals surface area contributed by atoms with Crippen molar-refractivity contribution in [2.45, 2.75) is 26.2 Å². The van der Waals surface area contributed by atoms with E-state index in [-0.39, 0.29) is 11.6 Å². The summed E-state index contributed by atoms with van der Waals surface area (Å²) in [5.41, 5.74) is 2.96. The molecule has 7 heteroatoms. The number of nitrogens with zero attached hydrogens (tertiary/aromatic N) is 4. The fraction of sp³-hybridized carbons (Fsp3) is 0.167. The quantitative estimate of drug-likeness (QED) is 0.427. The summed E-state index contributed by atoms with van der Waals surface area (Å²) in [6.45, 7) is 4.34. The summed E-state index contributed by atoms with van der Waals surface area (Å²) in [4.78, 5) is 13.3. The number of rotatable bonds is 7. The lowest BCUT2D eigenvalue weighted by Crippen LogP contribution is -2.19. The number of furan rings is 1. The number of benzene rings is 2. The largest absolute Gasteiger partial charge is 0.465 e. The lowest BCUT2D eigenvalue weighted by Gasteiger charge is -2.12. The zero-order chi connectivity index (χ0) is 21.6. The minimum absolute atomic E-state index is 0.241. The standard InChI is InChI=1S/C24H23N5O2/c1-3-17(2)18-11-13-20(14-12-18)25-24(30)22(16-21-10-7-15-31-21)29-23(26-27-28-29)19-8-5-4-6-9-19/h4-17H,3H2,1-2H3,(H,25,30)/b22-16-. The molecule has 31 heavy (non-hydrogen) atoms. The maximum Gasteiger partial charge on any atom is 0.274 e. The van der Waals surface area contributed by atoms with E-state index >= 15 is 0 Å². The minimum Gasteiger partial charge on any atom is -0.465 e. The van der Waals surface area contributed by atoms with Crippen molar-refractivity contribution in [3.8, 4) is 11.4 Å². The van der Waals surface area contributed by atoms with Gasteiger partial charge in [0.1, 0.15) is 11.5 Å². The first-order chi connectivity index (χ1) is 15.2. The average Bonchev–Trinajstić information content (AvgIpc) is 3.50. The summed E-state index contributed by atoms with van der Waals surface area (Å²) < 4.78 is 6.84. The molecule has 1 unspecified atom stereocenters. The highest BCUT2D eigenvalue weighted by atomic mass is 16.3. The number of hydrogen-bond acceptors (Lipinski definition) is 5. The van der Waals surface area contributed by atoms with Gasteiger partial charge in [0.05, 0.1) is 6.26 Å². The van der Waals surface area contributed by atoms with Crippen molar-refractivity contribution >= 4 is 23.4 Å². The van der Waals surface area contributed by atoms with Crippen molar-refractivity contribution in [1.82, 2.24) is 20.2 Å². The van der Waals surface area contributed by atoms with Crippen molar-refractivity contribution in [2.75, 3.05) is 5.32 Å². The summed E-state index contributed by atoms with van der Waals surface area (Å²) in [5, 5.41) is 14.9. The number of anilines is 1. The number of carbonyl (C=O) groups is 1. The summed E-state index contributed by atoms with van der Waals surface area (Å²) in [7, 11) is 0. The molecule has 0 aliphatic carbocycles. The van der Waals surface area contributed by atoms with E-state index in [1.165, 1.54) is 10.2 Å². The molecule has 1 amide bonds. The van der Waals surface area contributed by atoms with Crippen molar-refractivity contribution in [1.29, 1.82) is 0 Å². The number of tetrazole rings is 1. The van der Waals surface area contributed by atoms with Gasteiger partial charge in [-0.25, -0.2) is 0 Å². The third kappa shape index (κ3) is 4.61. The monoisotopic (exact) mass is 413 g/mol. The zero-order valence-corrected chi connectivity index (χ0v) is 17.4. The summed E-state index contributed by atoms with van der Waals surface area (Å²) in [6, 6.07) is 20.9. The maximum absolute atomic E-state index is 13.3. The van der Waals surface area contributed by atoms with Gasteiger partial charge in [-0.2, -0.15) is 4.68 Å². The summed E-state index contributed by atoms with van der Waals surface area (Å²) in [5.74, 6) is 1.10. The van der Waals surface area contributed by atoms with Crippen LogP contribution in [0, 0.1) is 0 Å². The molecule has 2 heterocycles. The lowest BCUT2D eigenvalue weighted by molar-refractivity contribution is -0.111. The van der Waals surface area contributed by atoms with Crippen LogP contribution in [-0.4, -0.2) is 26.1 Å². The van der Waals surface area contributed by atoms with Gasteiger partial charge in [0.15, 0.2) is 5.82 Å². The smallest absolute Gasteiger partial charge is 0.274 e. The molecule has 1 atom stereocenters. The van der Waals surface area contributed by atoms with Gasteiger partial charge >= 0.3 is 0 Å². The summed E-state index contributed by atoms with van der Waals surface area (Å²) >= 11 is 0. The highest BCUT2D eigenvalue weighted by Crippen LogP contribution is 2.23. The molecule has 0 saturated heterocycles. The molecule has 4 rings (SSSR count). The second-order valence-electron chi connectivity index (χ2n) is 7.21. The second kappa shape index (κ2) is 9.21. The van der Waals surface area contributed by atoms with Gasteiger partial charge in [-0.15, -0.1) is 5.10 Å². The molecule has 2 aromatic carbocycles. The molecule has 0 radical (unpaired) electrons. The van der Waals surface area contributed by atoms with E-state index in [9.17, 15) is 4.79 Å². The minimum atomic E-state index is -0.350. The Hall–Kier alpha value is -4.00. The predicted molar refractivity (Wildman–Crippen MR) is 120 cm³/mol. The van der Waals surface area contributed by atoms with Gasteiger partial charge in [0.25, 0.3) is 5.91 Å². The Morgan fingerprint density at radius 1 is 1.10 bits per heavy atom. The first-order valence-electron chi connectivity index (χ1n) is 10.2. The van der Waals surface area contributed by atoms with Gasteiger partial charge in [0, 0.05) is 17.3 Å². The second-order valence-corrected chi connectivity index (χ2v) is 7.21. The van der Waals surface area contributed by atoms with E-state index in [0.717, 1.165) is 12.0 Å². The van der Waals surface area contributed by atoms with Gasteiger partial charge in [0.2, 0.25) is 0 Å². The van der Waals surface area contributed by atoms with Crippen LogP contribution in [0.25, 0.3) is 23.2 Å². The molecule has 4 aromatic rings. The van der Waals surface area contributed by atoms with E-state index in [1.807, 2.05) is 54.6 Å². The Morgan fingerprint density at radius 2 is 1.87 bits per heavy atom. The van der Waals surface area contributed by atoms with Crippen LogP contribution < -0.4 is 5.32 Å². The number of aromatic nitrogens is 4. The van der Waals surface area contributed by atoms with Gasteiger partial charge < -0.3 is 9.73 Å². The van der Waals surface area contributed by atoms with E-state index in [4.69, 9.17) is 4.42 Å². The van der Waals surface area contributed by atoms with Crippen LogP contribution in [0.2, 0.25) is 0 Å². The zero-order valence-electron chi connectivity index (χ0n) is 17.4. The van der Waals surface area contributed by atoms with Crippen LogP contribution in [-0.2, 0) is 4.79 Å². The average molecular weight is 413 g/mol. The van der Waals surface area contributed by atoms with E-state index in [1.54, 1.807) is 24.5 Å². The van der Waals surface area contributed by atoms with Crippen molar-refractivity contribution in [2.24, 2.45) is 0 Å². The molecule has 0 fully saturated rings. The molecule has 1 N–H and O–H groups in total. The van der Waals surface area contributed by atoms with Gasteiger partial charge in [-0.3, -0.25) is 4.79 Å². The third-order valence-electron chi connectivity index (χ3n) is 5.13. The van der Waals surface area contributed by atoms with Crippen LogP contribution in [0.5, 0.6) is 0 Å². The van der Waals surface area contributed by atoms with Crippen molar-refractivity contribution in [3.05, 3.63) is 84.3 Å². The van der Waals surface area contributed by atoms with E-state index in [0.29, 0.717) is 23.2 Å². The van der Waals surface area contributed by atoms with Crippen LogP contribution >= 0.6 is 0 Å². The molecular weight excluding hydrogens is 390 g/mol. The lowest BCUT2D eigenvalue weighted by atomic mass is 9.99. The topological polar surface area (TPSA) is 85.8 Å². The summed E-state index contributed by atoms with van der Waals surface area (Å²) in [6.07, 6.45) is 4.22. The third-order valence-corrected chi connectivity index (χ3v) is 5.13. The Kier molecular flexibility index (Phi) is 6.03. The fourth-order valence-corrected chi connectivity index (χ4v) is 3.17.